The van der Waals surface area contributed by atoms with Gasteiger partial charge >= 0.3 is 5.97 Å². The minimum atomic E-state index is -0.404. The molecule has 0 N–H and O–H groups in total. The number of hydrogen-bond donors (Lipinski definition) is 0. The SMILES string of the molecule is O=C1/C=C\C(=O)OCCCCCCC1. The second-order valence-electron chi connectivity index (χ2n) is 3.48. The predicted octanol–water partition coefficient (Wildman–Crippen LogP) is 2.01. The fraction of sp³-hybridized carbons (Fsp3) is 0.636. The third-order valence-corrected chi connectivity index (χ3v) is 2.22. The van der Waals surface area contributed by atoms with E-state index in [0.717, 1.165) is 32.1 Å². The summed E-state index contributed by atoms with van der Waals surface area (Å²) in [4.78, 5) is 22.1. The van der Waals surface area contributed by atoms with Gasteiger partial charge in [-0.15, -0.1) is 0 Å². The Morgan fingerprint density at radius 3 is 2.50 bits per heavy atom. The molecule has 1 aliphatic rings. The van der Waals surface area contributed by atoms with E-state index in [1.54, 1.807) is 0 Å². The van der Waals surface area contributed by atoms with E-state index in [2.05, 4.69) is 0 Å². The topological polar surface area (TPSA) is 43.4 Å². The first-order valence-corrected chi connectivity index (χ1v) is 5.17. The molecule has 0 amide bonds. The summed E-state index contributed by atoms with van der Waals surface area (Å²) in [5, 5.41) is 0. The Morgan fingerprint density at radius 1 is 0.929 bits per heavy atom. The molecule has 0 radical (unpaired) electrons. The lowest BCUT2D eigenvalue weighted by Crippen LogP contribution is -2.04. The summed E-state index contributed by atoms with van der Waals surface area (Å²) in [5.74, 6) is -0.388. The van der Waals surface area contributed by atoms with E-state index in [1.165, 1.54) is 12.2 Å². The first-order chi connectivity index (χ1) is 6.79. The van der Waals surface area contributed by atoms with Gasteiger partial charge in [-0.25, -0.2) is 4.79 Å². The standard InChI is InChI=1S/C11H16O3/c12-10-6-4-2-1-3-5-9-14-11(13)8-7-10/h7-8H,1-6,9H2/b8-7-. The van der Waals surface area contributed by atoms with Gasteiger partial charge in [-0.2, -0.15) is 0 Å². The molecule has 0 aromatic rings. The van der Waals surface area contributed by atoms with Crippen molar-refractivity contribution >= 4 is 11.8 Å². The number of esters is 1. The largest absolute Gasteiger partial charge is 0.463 e. The van der Waals surface area contributed by atoms with E-state index in [1.807, 2.05) is 0 Å². The molecular weight excluding hydrogens is 180 g/mol. The normalized spacial score (nSPS) is 23.1. The fourth-order valence-electron chi connectivity index (χ4n) is 1.40. The molecule has 3 heteroatoms. The summed E-state index contributed by atoms with van der Waals surface area (Å²) in [7, 11) is 0. The molecule has 0 atom stereocenters. The molecule has 0 saturated heterocycles. The second kappa shape index (κ2) is 6.35. The van der Waals surface area contributed by atoms with Crippen LogP contribution in [0.4, 0.5) is 0 Å². The maximum Gasteiger partial charge on any atom is 0.330 e. The molecule has 0 unspecified atom stereocenters. The first kappa shape index (κ1) is 11.0. The third kappa shape index (κ3) is 4.80. The average molecular weight is 196 g/mol. The molecule has 0 fully saturated rings. The van der Waals surface area contributed by atoms with Gasteiger partial charge in [-0.1, -0.05) is 19.3 Å². The van der Waals surface area contributed by atoms with Crippen LogP contribution in [0.3, 0.4) is 0 Å². The summed E-state index contributed by atoms with van der Waals surface area (Å²) in [6, 6.07) is 0. The quantitative estimate of drug-likeness (QED) is 0.556. The van der Waals surface area contributed by atoms with E-state index >= 15 is 0 Å². The monoisotopic (exact) mass is 196 g/mol. The molecule has 0 aromatic heterocycles. The van der Waals surface area contributed by atoms with Gasteiger partial charge in [0.2, 0.25) is 0 Å². The van der Waals surface area contributed by atoms with Crippen molar-refractivity contribution in [2.75, 3.05) is 6.61 Å². The summed E-state index contributed by atoms with van der Waals surface area (Å²) in [6.45, 7) is 0.470. The van der Waals surface area contributed by atoms with Crippen LogP contribution >= 0.6 is 0 Å². The fourth-order valence-corrected chi connectivity index (χ4v) is 1.40. The lowest BCUT2D eigenvalue weighted by molar-refractivity contribution is -0.138. The van der Waals surface area contributed by atoms with Crippen molar-refractivity contribution in [3.63, 3.8) is 0 Å². The Labute approximate surface area is 84.1 Å². The zero-order chi connectivity index (χ0) is 10.2. The van der Waals surface area contributed by atoms with Crippen molar-refractivity contribution in [3.05, 3.63) is 12.2 Å². The van der Waals surface area contributed by atoms with E-state index < -0.39 is 5.97 Å². The lowest BCUT2D eigenvalue weighted by atomic mass is 10.1. The molecule has 0 aliphatic carbocycles. The summed E-state index contributed by atoms with van der Waals surface area (Å²) in [5.41, 5.74) is 0. The van der Waals surface area contributed by atoms with Crippen LogP contribution in [0.15, 0.2) is 12.2 Å². The Morgan fingerprint density at radius 2 is 1.64 bits per heavy atom. The Kier molecular flexibility index (Phi) is 4.97. The van der Waals surface area contributed by atoms with Crippen LogP contribution in [0, 0.1) is 0 Å². The highest BCUT2D eigenvalue weighted by Gasteiger charge is 2.02. The van der Waals surface area contributed by atoms with Crippen molar-refractivity contribution in [3.8, 4) is 0 Å². The van der Waals surface area contributed by atoms with E-state index in [4.69, 9.17) is 4.74 Å². The van der Waals surface area contributed by atoms with Crippen LogP contribution in [-0.2, 0) is 14.3 Å². The van der Waals surface area contributed by atoms with Crippen LogP contribution in [0.25, 0.3) is 0 Å². The maximum atomic E-state index is 11.2. The minimum Gasteiger partial charge on any atom is -0.463 e. The molecule has 0 aromatic carbocycles. The number of ketones is 1. The van der Waals surface area contributed by atoms with Gasteiger partial charge in [0.25, 0.3) is 0 Å². The van der Waals surface area contributed by atoms with Crippen LogP contribution in [0.1, 0.15) is 38.5 Å². The van der Waals surface area contributed by atoms with Gasteiger partial charge in [0.1, 0.15) is 0 Å². The minimum absolute atomic E-state index is 0.0162. The summed E-state index contributed by atoms with van der Waals surface area (Å²) < 4.78 is 4.89. The van der Waals surface area contributed by atoms with Gasteiger partial charge in [0, 0.05) is 12.5 Å². The van der Waals surface area contributed by atoms with Crippen LogP contribution < -0.4 is 0 Å². The van der Waals surface area contributed by atoms with Crippen LogP contribution in [-0.4, -0.2) is 18.4 Å². The number of ether oxygens (including phenoxy) is 1. The van der Waals surface area contributed by atoms with E-state index in [9.17, 15) is 9.59 Å². The van der Waals surface area contributed by atoms with Gasteiger partial charge < -0.3 is 4.74 Å². The molecule has 0 saturated carbocycles. The molecular formula is C11H16O3. The number of hydrogen-bond acceptors (Lipinski definition) is 3. The highest BCUT2D eigenvalue weighted by atomic mass is 16.5. The van der Waals surface area contributed by atoms with Crippen molar-refractivity contribution < 1.29 is 14.3 Å². The predicted molar refractivity (Wildman–Crippen MR) is 52.8 cm³/mol. The first-order valence-electron chi connectivity index (χ1n) is 5.17. The Balaban J connectivity index is 2.42. The highest BCUT2D eigenvalue weighted by Crippen LogP contribution is 2.07. The van der Waals surface area contributed by atoms with E-state index in [0.29, 0.717) is 13.0 Å². The molecule has 14 heavy (non-hydrogen) atoms. The van der Waals surface area contributed by atoms with E-state index in [-0.39, 0.29) is 5.78 Å². The number of cyclic esters (lactones) is 1. The Bertz CT molecular complexity index is 207. The van der Waals surface area contributed by atoms with Crippen molar-refractivity contribution in [2.45, 2.75) is 38.5 Å². The van der Waals surface area contributed by atoms with Crippen molar-refractivity contribution in [2.24, 2.45) is 0 Å². The average Bonchev–Trinajstić information content (AvgIpc) is 2.17. The number of carbonyl (C=O) groups is 2. The zero-order valence-corrected chi connectivity index (χ0v) is 8.33. The number of carbonyl (C=O) groups excluding carboxylic acids is 2. The summed E-state index contributed by atoms with van der Waals surface area (Å²) in [6.07, 6.45) is 8.23. The highest BCUT2D eigenvalue weighted by molar-refractivity contribution is 5.95. The van der Waals surface area contributed by atoms with Gasteiger partial charge in [-0.3, -0.25) is 4.79 Å². The maximum absolute atomic E-state index is 11.2. The lowest BCUT2D eigenvalue weighted by Gasteiger charge is -2.03. The number of allylic oxidation sites excluding steroid dienone is 1. The van der Waals surface area contributed by atoms with Gasteiger partial charge in [-0.05, 0) is 18.9 Å². The molecule has 78 valence electrons. The third-order valence-electron chi connectivity index (χ3n) is 2.22. The molecule has 1 rings (SSSR count). The van der Waals surface area contributed by atoms with Crippen LogP contribution in [0.5, 0.6) is 0 Å². The van der Waals surface area contributed by atoms with Crippen LogP contribution in [0.2, 0.25) is 0 Å². The van der Waals surface area contributed by atoms with Gasteiger partial charge in [0.05, 0.1) is 6.61 Å². The molecule has 1 aliphatic heterocycles. The Hall–Kier alpha value is -1.12. The van der Waals surface area contributed by atoms with Gasteiger partial charge in [0.15, 0.2) is 5.78 Å². The molecule has 0 spiro atoms. The molecule has 0 bridgehead atoms. The zero-order valence-electron chi connectivity index (χ0n) is 8.33. The smallest absolute Gasteiger partial charge is 0.330 e. The second-order valence-corrected chi connectivity index (χ2v) is 3.48. The van der Waals surface area contributed by atoms with Crippen molar-refractivity contribution in [1.82, 2.24) is 0 Å². The van der Waals surface area contributed by atoms with Crippen molar-refractivity contribution in [1.29, 1.82) is 0 Å². The number of rotatable bonds is 0. The molecule has 3 nitrogen and oxygen atoms in total. The molecule has 1 heterocycles. The summed E-state index contributed by atoms with van der Waals surface area (Å²) >= 11 is 0.